The molecule has 0 fully saturated rings. The van der Waals surface area contributed by atoms with Crippen LogP contribution < -0.4 is 5.73 Å². The van der Waals surface area contributed by atoms with E-state index in [1.807, 2.05) is 18.2 Å². The summed E-state index contributed by atoms with van der Waals surface area (Å²) in [7, 11) is 0. The van der Waals surface area contributed by atoms with E-state index < -0.39 is 0 Å². The molecule has 1 atom stereocenters. The highest BCUT2D eigenvalue weighted by atomic mass is 16.3. The molecule has 0 saturated carbocycles. The molecule has 1 heterocycles. The van der Waals surface area contributed by atoms with Crippen molar-refractivity contribution >= 4 is 0 Å². The molecule has 0 radical (unpaired) electrons. The van der Waals surface area contributed by atoms with Crippen molar-refractivity contribution < 1.29 is 4.42 Å². The summed E-state index contributed by atoms with van der Waals surface area (Å²) in [6.45, 7) is 3.72. The average Bonchev–Trinajstić information content (AvgIpc) is 2.79. The molecule has 0 amide bonds. The summed E-state index contributed by atoms with van der Waals surface area (Å²) in [5.74, 6) is 1.04. The van der Waals surface area contributed by atoms with Crippen LogP contribution in [-0.2, 0) is 6.42 Å². The fraction of sp³-hybridized carbons (Fsp3) is 0.571. The van der Waals surface area contributed by atoms with Gasteiger partial charge in [0.25, 0.3) is 0 Å². The average molecular weight is 221 g/mol. The highest BCUT2D eigenvalue weighted by molar-refractivity contribution is 4.98. The molecule has 1 rings (SSSR count). The second-order valence-electron chi connectivity index (χ2n) is 4.30. The topological polar surface area (TPSA) is 39.2 Å². The number of furan rings is 1. The van der Waals surface area contributed by atoms with E-state index >= 15 is 0 Å². The summed E-state index contributed by atoms with van der Waals surface area (Å²) < 4.78 is 5.27. The fourth-order valence-corrected chi connectivity index (χ4v) is 1.80. The van der Waals surface area contributed by atoms with Crippen molar-refractivity contribution in [1.29, 1.82) is 0 Å². The van der Waals surface area contributed by atoms with Crippen molar-refractivity contribution in [3.63, 3.8) is 0 Å². The Hall–Kier alpha value is -1.02. The molecule has 0 aromatic carbocycles. The number of allylic oxidation sites excluding steroid dienone is 1. The Balaban J connectivity index is 1.98. The molecule has 1 unspecified atom stereocenters. The zero-order chi connectivity index (χ0) is 11.6. The van der Waals surface area contributed by atoms with Crippen LogP contribution in [0.1, 0.15) is 44.3 Å². The number of nitrogens with two attached hydrogens (primary N) is 1. The lowest BCUT2D eigenvalue weighted by Crippen LogP contribution is -2.20. The van der Waals surface area contributed by atoms with Crippen molar-refractivity contribution in [2.24, 2.45) is 5.73 Å². The summed E-state index contributed by atoms with van der Waals surface area (Å²) in [6.07, 6.45) is 11.7. The van der Waals surface area contributed by atoms with Gasteiger partial charge in [0, 0.05) is 12.5 Å². The van der Waals surface area contributed by atoms with Gasteiger partial charge in [-0.15, -0.1) is 6.58 Å². The van der Waals surface area contributed by atoms with Crippen LogP contribution in [-0.4, -0.2) is 6.04 Å². The van der Waals surface area contributed by atoms with Crippen LogP contribution in [0.5, 0.6) is 0 Å². The minimum atomic E-state index is 0.314. The van der Waals surface area contributed by atoms with E-state index in [0.29, 0.717) is 6.04 Å². The first-order chi connectivity index (χ1) is 7.83. The van der Waals surface area contributed by atoms with Crippen molar-refractivity contribution in [2.45, 2.75) is 51.0 Å². The highest BCUT2D eigenvalue weighted by Gasteiger charge is 2.04. The molecule has 2 nitrogen and oxygen atoms in total. The van der Waals surface area contributed by atoms with Gasteiger partial charge < -0.3 is 10.2 Å². The van der Waals surface area contributed by atoms with Gasteiger partial charge in [0.1, 0.15) is 5.76 Å². The van der Waals surface area contributed by atoms with Gasteiger partial charge in [-0.2, -0.15) is 0 Å². The van der Waals surface area contributed by atoms with Crippen LogP contribution in [0.2, 0.25) is 0 Å². The van der Waals surface area contributed by atoms with Gasteiger partial charge in [-0.1, -0.05) is 18.9 Å². The summed E-state index contributed by atoms with van der Waals surface area (Å²) >= 11 is 0. The first-order valence-electron chi connectivity index (χ1n) is 6.22. The molecule has 90 valence electrons. The van der Waals surface area contributed by atoms with Crippen molar-refractivity contribution in [3.8, 4) is 0 Å². The molecule has 0 aliphatic carbocycles. The number of hydrogen-bond donors (Lipinski definition) is 1. The highest BCUT2D eigenvalue weighted by Crippen LogP contribution is 2.10. The van der Waals surface area contributed by atoms with E-state index in [4.69, 9.17) is 10.2 Å². The van der Waals surface area contributed by atoms with E-state index in [2.05, 4.69) is 6.58 Å². The zero-order valence-corrected chi connectivity index (χ0v) is 10.0. The van der Waals surface area contributed by atoms with Gasteiger partial charge in [-0.25, -0.2) is 0 Å². The first kappa shape index (κ1) is 13.0. The standard InChI is InChI=1S/C14H23NO/c1-2-3-4-5-6-8-13(15)10-11-14-9-7-12-16-14/h2,7,9,12-13H,1,3-6,8,10-11,15H2. The number of aryl methyl sites for hydroxylation is 1. The molecule has 2 N–H and O–H groups in total. The van der Waals surface area contributed by atoms with E-state index in [9.17, 15) is 0 Å². The van der Waals surface area contributed by atoms with Crippen LogP contribution in [0.25, 0.3) is 0 Å². The second-order valence-corrected chi connectivity index (χ2v) is 4.30. The number of unbranched alkanes of at least 4 members (excludes halogenated alkanes) is 3. The SMILES string of the molecule is C=CCCCCCC(N)CCc1ccco1. The lowest BCUT2D eigenvalue weighted by Gasteiger charge is -2.09. The third-order valence-corrected chi connectivity index (χ3v) is 2.82. The van der Waals surface area contributed by atoms with Gasteiger partial charge in [-0.05, 0) is 37.8 Å². The molecule has 0 spiro atoms. The molecule has 0 bridgehead atoms. The molecule has 1 aromatic rings. The summed E-state index contributed by atoms with van der Waals surface area (Å²) in [6, 6.07) is 4.25. The monoisotopic (exact) mass is 221 g/mol. The Morgan fingerprint density at radius 2 is 2.19 bits per heavy atom. The minimum absolute atomic E-state index is 0.314. The van der Waals surface area contributed by atoms with E-state index in [1.165, 1.54) is 19.3 Å². The zero-order valence-electron chi connectivity index (χ0n) is 10.0. The second kappa shape index (κ2) is 8.17. The molecule has 1 aromatic heterocycles. The van der Waals surface area contributed by atoms with Crippen molar-refractivity contribution in [2.75, 3.05) is 0 Å². The molecule has 0 aliphatic heterocycles. The minimum Gasteiger partial charge on any atom is -0.469 e. The number of hydrogen-bond acceptors (Lipinski definition) is 2. The summed E-state index contributed by atoms with van der Waals surface area (Å²) in [4.78, 5) is 0. The maximum Gasteiger partial charge on any atom is 0.103 e. The molecular formula is C14H23NO. The third-order valence-electron chi connectivity index (χ3n) is 2.82. The molecule has 2 heteroatoms. The third kappa shape index (κ3) is 5.76. The van der Waals surface area contributed by atoms with E-state index in [-0.39, 0.29) is 0 Å². The first-order valence-corrected chi connectivity index (χ1v) is 6.22. The van der Waals surface area contributed by atoms with Gasteiger partial charge in [0.15, 0.2) is 0 Å². The van der Waals surface area contributed by atoms with Crippen molar-refractivity contribution in [1.82, 2.24) is 0 Å². The molecular weight excluding hydrogens is 198 g/mol. The van der Waals surface area contributed by atoms with Crippen LogP contribution >= 0.6 is 0 Å². The van der Waals surface area contributed by atoms with Crippen LogP contribution in [0.4, 0.5) is 0 Å². The molecule has 0 aliphatic rings. The Labute approximate surface area is 98.5 Å². The van der Waals surface area contributed by atoms with Crippen LogP contribution in [0, 0.1) is 0 Å². The normalized spacial score (nSPS) is 12.6. The van der Waals surface area contributed by atoms with Gasteiger partial charge >= 0.3 is 0 Å². The Kier molecular flexibility index (Phi) is 6.66. The lowest BCUT2D eigenvalue weighted by atomic mass is 10.0. The quantitative estimate of drug-likeness (QED) is 0.510. The Bertz CT molecular complexity index is 266. The van der Waals surface area contributed by atoms with Gasteiger partial charge in [0.2, 0.25) is 0 Å². The smallest absolute Gasteiger partial charge is 0.103 e. The van der Waals surface area contributed by atoms with Crippen molar-refractivity contribution in [3.05, 3.63) is 36.8 Å². The van der Waals surface area contributed by atoms with Gasteiger partial charge in [-0.3, -0.25) is 0 Å². The Morgan fingerprint density at radius 1 is 1.31 bits per heavy atom. The van der Waals surface area contributed by atoms with Gasteiger partial charge in [0.05, 0.1) is 6.26 Å². The maximum atomic E-state index is 6.04. The lowest BCUT2D eigenvalue weighted by molar-refractivity contribution is 0.467. The summed E-state index contributed by atoms with van der Waals surface area (Å²) in [5, 5.41) is 0. The molecule has 0 saturated heterocycles. The van der Waals surface area contributed by atoms with E-state index in [0.717, 1.165) is 31.4 Å². The largest absolute Gasteiger partial charge is 0.469 e. The van der Waals surface area contributed by atoms with Crippen LogP contribution in [0.15, 0.2) is 35.5 Å². The predicted molar refractivity (Wildman–Crippen MR) is 68.3 cm³/mol. The van der Waals surface area contributed by atoms with Crippen LogP contribution in [0.3, 0.4) is 0 Å². The number of rotatable bonds is 9. The fourth-order valence-electron chi connectivity index (χ4n) is 1.80. The summed E-state index contributed by atoms with van der Waals surface area (Å²) in [5.41, 5.74) is 6.04. The maximum absolute atomic E-state index is 6.04. The van der Waals surface area contributed by atoms with E-state index in [1.54, 1.807) is 6.26 Å². The molecule has 16 heavy (non-hydrogen) atoms. The Morgan fingerprint density at radius 3 is 2.88 bits per heavy atom. The predicted octanol–water partition coefficient (Wildman–Crippen LogP) is 3.68.